The molecule has 0 heterocycles. The number of rotatable bonds is 2. The fourth-order valence-electron chi connectivity index (χ4n) is 2.88. The van der Waals surface area contributed by atoms with Crippen LogP contribution in [0.2, 0.25) is 0 Å². The van der Waals surface area contributed by atoms with Crippen LogP contribution >= 0.6 is 0 Å². The molecule has 110 valence electrons. The molecule has 0 radical (unpaired) electrons. The molecule has 0 aliphatic heterocycles. The van der Waals surface area contributed by atoms with Gasteiger partial charge in [-0.05, 0) is 42.0 Å². The molecule has 3 rings (SSSR count). The topological polar surface area (TPSA) is 17.1 Å². The first-order valence-corrected chi connectivity index (χ1v) is 7.81. The Bertz CT molecular complexity index is 708. The zero-order valence-corrected chi connectivity index (χ0v) is 12.8. The van der Waals surface area contributed by atoms with Crippen molar-refractivity contribution in [1.82, 2.24) is 0 Å². The zero-order chi connectivity index (χ0) is 15.4. The van der Waals surface area contributed by atoms with Crippen molar-refractivity contribution in [3.05, 3.63) is 82.9 Å². The molecular formula is C21H20O. The summed E-state index contributed by atoms with van der Waals surface area (Å²) in [5.74, 6) is 0.520. The molecule has 2 aromatic rings. The van der Waals surface area contributed by atoms with E-state index >= 15 is 0 Å². The molecule has 22 heavy (non-hydrogen) atoms. The van der Waals surface area contributed by atoms with Gasteiger partial charge >= 0.3 is 0 Å². The Morgan fingerprint density at radius 2 is 1.41 bits per heavy atom. The molecule has 1 nitrogen and oxygen atoms in total. The first-order valence-electron chi connectivity index (χ1n) is 7.81. The minimum Gasteiger partial charge on any atom is -0.289 e. The number of carbonyl (C=O) groups is 1. The summed E-state index contributed by atoms with van der Waals surface area (Å²) in [4.78, 5) is 12.8. The summed E-state index contributed by atoms with van der Waals surface area (Å²) in [6.45, 7) is 2.14. The maximum absolute atomic E-state index is 12.8. The highest BCUT2D eigenvalue weighted by Gasteiger charge is 2.26. The van der Waals surface area contributed by atoms with Gasteiger partial charge in [-0.25, -0.2) is 0 Å². The quantitative estimate of drug-likeness (QED) is 0.698. The lowest BCUT2D eigenvalue weighted by atomic mass is 9.80. The van der Waals surface area contributed by atoms with Gasteiger partial charge in [-0.1, -0.05) is 67.6 Å². The van der Waals surface area contributed by atoms with Crippen LogP contribution in [0.25, 0.3) is 12.2 Å². The second-order valence-electron chi connectivity index (χ2n) is 5.86. The van der Waals surface area contributed by atoms with Gasteiger partial charge in [-0.2, -0.15) is 0 Å². The lowest BCUT2D eigenvalue weighted by Gasteiger charge is -2.23. The van der Waals surface area contributed by atoms with Crippen LogP contribution in [0.3, 0.4) is 0 Å². The minimum absolute atomic E-state index is 0.200. The second-order valence-corrected chi connectivity index (χ2v) is 5.86. The molecular weight excluding hydrogens is 268 g/mol. The number of ketones is 1. The predicted molar refractivity (Wildman–Crippen MR) is 92.2 cm³/mol. The summed E-state index contributed by atoms with van der Waals surface area (Å²) in [6, 6.07) is 20.2. The van der Waals surface area contributed by atoms with Crippen molar-refractivity contribution in [1.29, 1.82) is 0 Å². The van der Waals surface area contributed by atoms with Crippen molar-refractivity contribution >= 4 is 17.9 Å². The minimum atomic E-state index is 0.200. The van der Waals surface area contributed by atoms with E-state index in [4.69, 9.17) is 0 Å². The molecule has 0 spiro atoms. The van der Waals surface area contributed by atoms with Crippen molar-refractivity contribution in [2.24, 2.45) is 5.92 Å². The molecule has 0 amide bonds. The fraction of sp³-hybridized carbons (Fsp3) is 0.190. The van der Waals surface area contributed by atoms with Crippen LogP contribution in [-0.4, -0.2) is 5.78 Å². The van der Waals surface area contributed by atoms with Gasteiger partial charge in [-0.3, -0.25) is 4.79 Å². The van der Waals surface area contributed by atoms with Crippen LogP contribution < -0.4 is 0 Å². The molecule has 0 unspecified atom stereocenters. The molecule has 0 N–H and O–H groups in total. The van der Waals surface area contributed by atoms with Crippen LogP contribution in [0, 0.1) is 5.92 Å². The van der Waals surface area contributed by atoms with Gasteiger partial charge in [0.15, 0.2) is 5.78 Å². The van der Waals surface area contributed by atoms with E-state index in [1.165, 1.54) is 0 Å². The molecule has 1 aliphatic carbocycles. The smallest absolute Gasteiger partial charge is 0.185 e. The van der Waals surface area contributed by atoms with Gasteiger partial charge in [0, 0.05) is 11.1 Å². The molecule has 2 aromatic carbocycles. The third kappa shape index (κ3) is 3.25. The Kier molecular flexibility index (Phi) is 4.34. The average Bonchev–Trinajstić information content (AvgIpc) is 2.56. The molecule has 1 heteroatoms. The maximum Gasteiger partial charge on any atom is 0.185 e. The Balaban J connectivity index is 1.93. The van der Waals surface area contributed by atoms with Crippen LogP contribution in [0.5, 0.6) is 0 Å². The molecule has 0 bridgehead atoms. The lowest BCUT2D eigenvalue weighted by molar-refractivity contribution is -0.113. The first-order chi connectivity index (χ1) is 10.7. The summed E-state index contributed by atoms with van der Waals surface area (Å²) >= 11 is 0. The van der Waals surface area contributed by atoms with Crippen LogP contribution in [0.4, 0.5) is 0 Å². The van der Waals surface area contributed by atoms with Gasteiger partial charge in [0.05, 0.1) is 0 Å². The highest BCUT2D eigenvalue weighted by atomic mass is 16.1. The van der Waals surface area contributed by atoms with Crippen molar-refractivity contribution in [2.45, 2.75) is 19.8 Å². The summed E-state index contributed by atoms with van der Waals surface area (Å²) in [7, 11) is 0. The number of hydrogen-bond acceptors (Lipinski definition) is 1. The number of Topliss-reactive ketones (excluding diaryl/α,β-unsaturated/α-hetero) is 1. The van der Waals surface area contributed by atoms with E-state index in [0.717, 1.165) is 35.1 Å². The zero-order valence-electron chi connectivity index (χ0n) is 12.8. The van der Waals surface area contributed by atoms with Gasteiger partial charge in [0.2, 0.25) is 0 Å². The lowest BCUT2D eigenvalue weighted by Crippen LogP contribution is -2.19. The molecule has 1 atom stereocenters. The van der Waals surface area contributed by atoms with Gasteiger partial charge < -0.3 is 0 Å². The highest BCUT2D eigenvalue weighted by molar-refractivity contribution is 6.14. The summed E-state index contributed by atoms with van der Waals surface area (Å²) < 4.78 is 0. The Morgan fingerprint density at radius 3 is 2.00 bits per heavy atom. The summed E-state index contributed by atoms with van der Waals surface area (Å²) in [5.41, 5.74) is 4.05. The fourth-order valence-corrected chi connectivity index (χ4v) is 2.88. The van der Waals surface area contributed by atoms with E-state index < -0.39 is 0 Å². The molecule has 0 saturated heterocycles. The maximum atomic E-state index is 12.8. The van der Waals surface area contributed by atoms with Crippen molar-refractivity contribution in [3.63, 3.8) is 0 Å². The Morgan fingerprint density at radius 1 is 0.864 bits per heavy atom. The second kappa shape index (κ2) is 6.57. The average molecular weight is 288 g/mol. The first kappa shape index (κ1) is 14.5. The van der Waals surface area contributed by atoms with E-state index in [-0.39, 0.29) is 5.78 Å². The number of allylic oxidation sites excluding steroid dienone is 2. The predicted octanol–water partition coefficient (Wildman–Crippen LogP) is 5.15. The molecule has 0 aromatic heterocycles. The van der Waals surface area contributed by atoms with Crippen molar-refractivity contribution < 1.29 is 4.79 Å². The third-order valence-electron chi connectivity index (χ3n) is 4.19. The Hall–Kier alpha value is -2.41. The Labute approximate surface area is 132 Å². The van der Waals surface area contributed by atoms with Crippen LogP contribution in [-0.2, 0) is 4.79 Å². The van der Waals surface area contributed by atoms with E-state index in [0.29, 0.717) is 5.92 Å². The van der Waals surface area contributed by atoms with E-state index in [1.807, 2.05) is 72.8 Å². The van der Waals surface area contributed by atoms with Crippen LogP contribution in [0.15, 0.2) is 71.8 Å². The van der Waals surface area contributed by atoms with Gasteiger partial charge in [-0.15, -0.1) is 0 Å². The van der Waals surface area contributed by atoms with E-state index in [9.17, 15) is 4.79 Å². The monoisotopic (exact) mass is 288 g/mol. The largest absolute Gasteiger partial charge is 0.289 e. The van der Waals surface area contributed by atoms with Crippen molar-refractivity contribution in [3.8, 4) is 0 Å². The summed E-state index contributed by atoms with van der Waals surface area (Å²) in [6.07, 6.45) is 5.97. The summed E-state index contributed by atoms with van der Waals surface area (Å²) in [5, 5.41) is 0. The highest BCUT2D eigenvalue weighted by Crippen LogP contribution is 2.32. The van der Waals surface area contributed by atoms with Crippen molar-refractivity contribution in [2.75, 3.05) is 0 Å². The number of benzene rings is 2. The molecule has 1 fully saturated rings. The molecule has 1 saturated carbocycles. The SMILES string of the molecule is C[C@@H]1CC/C(=C\c2ccccc2)C(=O)/C1=C\c1ccccc1. The number of carbonyl (C=O) groups excluding carboxylic acids is 1. The third-order valence-corrected chi connectivity index (χ3v) is 4.19. The van der Waals surface area contributed by atoms with E-state index in [2.05, 4.69) is 6.92 Å². The normalized spacial score (nSPS) is 22.2. The number of hydrogen-bond donors (Lipinski definition) is 0. The van der Waals surface area contributed by atoms with Gasteiger partial charge in [0.25, 0.3) is 0 Å². The van der Waals surface area contributed by atoms with E-state index in [1.54, 1.807) is 0 Å². The standard InChI is InChI=1S/C21H20O/c1-16-12-13-19(14-17-8-4-2-5-9-17)21(22)20(16)15-18-10-6-3-7-11-18/h2-11,14-16H,12-13H2,1H3/b19-14+,20-15-/t16-/m1/s1. The van der Waals surface area contributed by atoms with Crippen LogP contribution in [0.1, 0.15) is 30.9 Å². The van der Waals surface area contributed by atoms with Gasteiger partial charge in [0.1, 0.15) is 0 Å². The molecule has 1 aliphatic rings.